The van der Waals surface area contributed by atoms with Crippen LogP contribution in [-0.2, 0) is 0 Å². The highest BCUT2D eigenvalue weighted by molar-refractivity contribution is 6.43. The Hall–Kier alpha value is -0.480. The highest BCUT2D eigenvalue weighted by atomic mass is 35.5. The van der Waals surface area contributed by atoms with Crippen molar-refractivity contribution in [3.63, 3.8) is 0 Å². The zero-order valence-electron chi connectivity index (χ0n) is 12.4. The Balaban J connectivity index is 0.00000176. The van der Waals surface area contributed by atoms with Gasteiger partial charge in [0.15, 0.2) is 0 Å². The normalized spacial score (nSPS) is 22.5. The molecule has 3 nitrogen and oxygen atoms in total. The van der Waals surface area contributed by atoms with Crippen LogP contribution in [0.3, 0.4) is 0 Å². The van der Waals surface area contributed by atoms with Gasteiger partial charge in [0.2, 0.25) is 0 Å². The van der Waals surface area contributed by atoms with Gasteiger partial charge in [0.05, 0.1) is 15.6 Å². The average molecular weight is 364 g/mol. The molecule has 3 rings (SSSR count). The van der Waals surface area contributed by atoms with Crippen LogP contribution in [0.5, 0.6) is 0 Å². The molecule has 0 radical (unpaired) electrons. The van der Waals surface area contributed by atoms with Gasteiger partial charge in [-0.05, 0) is 50.3 Å². The SMILES string of the molecule is Cl.O=C(c1cccc(Cl)c1Cl)N1CCC(C2CCCN2)CC1. The lowest BCUT2D eigenvalue weighted by atomic mass is 9.88. The minimum atomic E-state index is 0. The van der Waals surface area contributed by atoms with E-state index in [0.29, 0.717) is 27.6 Å². The molecule has 122 valence electrons. The average Bonchev–Trinajstić information content (AvgIpc) is 3.04. The number of benzene rings is 1. The molecule has 2 saturated heterocycles. The number of halogens is 3. The van der Waals surface area contributed by atoms with Gasteiger partial charge in [0.1, 0.15) is 0 Å². The summed E-state index contributed by atoms with van der Waals surface area (Å²) in [5.74, 6) is 0.701. The third kappa shape index (κ3) is 3.70. The molecule has 1 aromatic carbocycles. The van der Waals surface area contributed by atoms with Crippen LogP contribution >= 0.6 is 35.6 Å². The minimum Gasteiger partial charge on any atom is -0.339 e. The van der Waals surface area contributed by atoms with Gasteiger partial charge in [0, 0.05) is 19.1 Å². The van der Waals surface area contributed by atoms with Gasteiger partial charge >= 0.3 is 0 Å². The first kappa shape index (κ1) is 17.9. The largest absolute Gasteiger partial charge is 0.339 e. The highest BCUT2D eigenvalue weighted by Crippen LogP contribution is 2.29. The van der Waals surface area contributed by atoms with E-state index in [1.807, 2.05) is 4.90 Å². The number of amides is 1. The van der Waals surface area contributed by atoms with Crippen LogP contribution in [-0.4, -0.2) is 36.5 Å². The molecule has 2 fully saturated rings. The van der Waals surface area contributed by atoms with Crippen LogP contribution in [0.4, 0.5) is 0 Å². The maximum atomic E-state index is 12.6. The standard InChI is InChI=1S/C16H20Cl2N2O.ClH/c17-13-4-1-3-12(15(13)18)16(21)20-9-6-11(7-10-20)14-5-2-8-19-14;/h1,3-4,11,14,19H,2,5-10H2;1H. The predicted molar refractivity (Wildman–Crippen MR) is 93.4 cm³/mol. The van der Waals surface area contributed by atoms with Crippen molar-refractivity contribution < 1.29 is 4.79 Å². The minimum absolute atomic E-state index is 0. The molecule has 2 heterocycles. The molecule has 1 unspecified atom stereocenters. The number of piperidine rings is 1. The quantitative estimate of drug-likeness (QED) is 0.860. The first-order valence-corrected chi connectivity index (χ1v) is 8.39. The second-order valence-corrected chi connectivity index (χ2v) is 6.72. The van der Waals surface area contributed by atoms with Crippen LogP contribution in [0.1, 0.15) is 36.0 Å². The van der Waals surface area contributed by atoms with E-state index in [-0.39, 0.29) is 18.3 Å². The van der Waals surface area contributed by atoms with Crippen LogP contribution in [0.2, 0.25) is 10.0 Å². The highest BCUT2D eigenvalue weighted by Gasteiger charge is 2.30. The second kappa shape index (κ2) is 7.87. The molecule has 0 aromatic heterocycles. The van der Waals surface area contributed by atoms with Crippen molar-refractivity contribution in [1.29, 1.82) is 0 Å². The van der Waals surface area contributed by atoms with Gasteiger partial charge in [-0.15, -0.1) is 12.4 Å². The molecule has 1 atom stereocenters. The van der Waals surface area contributed by atoms with Gasteiger partial charge in [-0.3, -0.25) is 4.79 Å². The number of carbonyl (C=O) groups excluding carboxylic acids is 1. The van der Waals surface area contributed by atoms with Gasteiger partial charge in [-0.1, -0.05) is 29.3 Å². The molecule has 0 aliphatic carbocycles. The molecule has 22 heavy (non-hydrogen) atoms. The van der Waals surface area contributed by atoms with Crippen molar-refractivity contribution in [2.45, 2.75) is 31.7 Å². The Kier molecular flexibility index (Phi) is 6.39. The Labute approximate surface area is 147 Å². The summed E-state index contributed by atoms with van der Waals surface area (Å²) in [6.07, 6.45) is 4.70. The van der Waals surface area contributed by atoms with Gasteiger partial charge < -0.3 is 10.2 Å². The lowest BCUT2D eigenvalue weighted by molar-refractivity contribution is 0.0674. The number of nitrogens with zero attached hydrogens (tertiary/aromatic N) is 1. The summed E-state index contributed by atoms with van der Waals surface area (Å²) in [7, 11) is 0. The summed E-state index contributed by atoms with van der Waals surface area (Å²) >= 11 is 12.1. The number of rotatable bonds is 2. The van der Waals surface area contributed by atoms with Gasteiger partial charge in [-0.2, -0.15) is 0 Å². The van der Waals surface area contributed by atoms with Crippen molar-refractivity contribution in [1.82, 2.24) is 10.2 Å². The molecule has 0 spiro atoms. The summed E-state index contributed by atoms with van der Waals surface area (Å²) in [6.45, 7) is 2.76. The monoisotopic (exact) mass is 362 g/mol. The van der Waals surface area contributed by atoms with Crippen LogP contribution in [0, 0.1) is 5.92 Å². The molecule has 2 aliphatic rings. The van der Waals surface area contributed by atoms with Crippen molar-refractivity contribution in [2.75, 3.05) is 19.6 Å². The smallest absolute Gasteiger partial charge is 0.255 e. The lowest BCUT2D eigenvalue weighted by Gasteiger charge is -2.35. The maximum Gasteiger partial charge on any atom is 0.255 e. The third-order valence-corrected chi connectivity index (χ3v) is 5.50. The first-order valence-electron chi connectivity index (χ1n) is 7.63. The summed E-state index contributed by atoms with van der Waals surface area (Å²) in [5, 5.41) is 4.38. The van der Waals surface area contributed by atoms with E-state index in [4.69, 9.17) is 23.2 Å². The molecule has 0 bridgehead atoms. The zero-order valence-corrected chi connectivity index (χ0v) is 14.7. The van der Waals surface area contributed by atoms with E-state index >= 15 is 0 Å². The number of hydrogen-bond acceptors (Lipinski definition) is 2. The van der Waals surface area contributed by atoms with Gasteiger partial charge in [-0.25, -0.2) is 0 Å². The fourth-order valence-electron chi connectivity index (χ4n) is 3.46. The predicted octanol–water partition coefficient (Wildman–Crippen LogP) is 4.02. The fraction of sp³-hybridized carbons (Fsp3) is 0.562. The van der Waals surface area contributed by atoms with Crippen LogP contribution in [0.25, 0.3) is 0 Å². The van der Waals surface area contributed by atoms with Crippen LogP contribution in [0.15, 0.2) is 18.2 Å². The topological polar surface area (TPSA) is 32.3 Å². The Morgan fingerprint density at radius 1 is 1.18 bits per heavy atom. The second-order valence-electron chi connectivity index (χ2n) is 5.93. The van der Waals surface area contributed by atoms with Crippen molar-refractivity contribution in [2.24, 2.45) is 5.92 Å². The Morgan fingerprint density at radius 2 is 1.91 bits per heavy atom. The molecular weight excluding hydrogens is 343 g/mol. The molecular formula is C16H21Cl3N2O. The first-order chi connectivity index (χ1) is 10.2. The van der Waals surface area contributed by atoms with E-state index in [1.165, 1.54) is 12.8 Å². The third-order valence-electron chi connectivity index (χ3n) is 4.68. The molecule has 1 N–H and O–H groups in total. The summed E-state index contributed by atoms with van der Waals surface area (Å²) in [4.78, 5) is 14.5. The van der Waals surface area contributed by atoms with Crippen LogP contribution < -0.4 is 5.32 Å². The number of nitrogens with one attached hydrogen (secondary N) is 1. The molecule has 6 heteroatoms. The lowest BCUT2D eigenvalue weighted by Crippen LogP contribution is -2.43. The number of likely N-dealkylation sites (tertiary alicyclic amines) is 1. The molecule has 0 saturated carbocycles. The van der Waals surface area contributed by atoms with E-state index in [0.717, 1.165) is 32.5 Å². The van der Waals surface area contributed by atoms with Crippen molar-refractivity contribution in [3.05, 3.63) is 33.8 Å². The summed E-state index contributed by atoms with van der Waals surface area (Å²) in [6, 6.07) is 5.88. The summed E-state index contributed by atoms with van der Waals surface area (Å²) in [5.41, 5.74) is 0.515. The molecule has 1 aromatic rings. The van der Waals surface area contributed by atoms with E-state index in [2.05, 4.69) is 5.32 Å². The van der Waals surface area contributed by atoms with E-state index in [9.17, 15) is 4.79 Å². The van der Waals surface area contributed by atoms with Crippen molar-refractivity contribution >= 4 is 41.5 Å². The summed E-state index contributed by atoms with van der Waals surface area (Å²) < 4.78 is 0. The maximum absolute atomic E-state index is 12.6. The van der Waals surface area contributed by atoms with Gasteiger partial charge in [0.25, 0.3) is 5.91 Å². The fourth-order valence-corrected chi connectivity index (χ4v) is 3.84. The van der Waals surface area contributed by atoms with Crippen molar-refractivity contribution in [3.8, 4) is 0 Å². The molecule has 2 aliphatic heterocycles. The number of hydrogen-bond donors (Lipinski definition) is 1. The zero-order chi connectivity index (χ0) is 14.8. The van der Waals surface area contributed by atoms with E-state index in [1.54, 1.807) is 18.2 Å². The van der Waals surface area contributed by atoms with E-state index < -0.39 is 0 Å². The Bertz CT molecular complexity index is 524. The Morgan fingerprint density at radius 3 is 2.55 bits per heavy atom. The molecule has 1 amide bonds. The number of carbonyl (C=O) groups is 1.